The van der Waals surface area contributed by atoms with E-state index in [1.807, 2.05) is 74.0 Å². The number of aliphatic hydroxyl groups excluding tert-OH is 1. The normalized spacial score (nSPS) is 11.3. The Kier molecular flexibility index (Phi) is 17.8. The van der Waals surface area contributed by atoms with Gasteiger partial charge in [-0.25, -0.2) is 15.3 Å². The first kappa shape index (κ1) is 34.5. The second-order valence-corrected chi connectivity index (χ2v) is 7.38. The third-order valence-electron chi connectivity index (χ3n) is 4.88. The largest absolute Gasteiger partial charge is 2.00 e. The molecule has 0 saturated carbocycles. The summed E-state index contributed by atoms with van der Waals surface area (Å²) in [5.41, 5.74) is 0.872. The molecule has 0 fully saturated rings. The van der Waals surface area contributed by atoms with Crippen LogP contribution in [0.2, 0.25) is 0 Å². The molecule has 0 saturated heterocycles. The van der Waals surface area contributed by atoms with E-state index < -0.39 is 18.5 Å². The molecule has 3 heterocycles. The van der Waals surface area contributed by atoms with Gasteiger partial charge in [0.2, 0.25) is 0 Å². The van der Waals surface area contributed by atoms with Gasteiger partial charge in [-0.2, -0.15) is 0 Å². The van der Waals surface area contributed by atoms with Gasteiger partial charge >= 0.3 is 49.6 Å². The van der Waals surface area contributed by atoms with Crippen molar-refractivity contribution in [1.82, 2.24) is 29.1 Å². The summed E-state index contributed by atoms with van der Waals surface area (Å²) in [6.07, 6.45) is 12.6. The summed E-state index contributed by atoms with van der Waals surface area (Å²) in [5.74, 6) is -1.40. The summed E-state index contributed by atoms with van der Waals surface area (Å²) in [6.45, 7) is 14.2. The van der Waals surface area contributed by atoms with Crippen LogP contribution in [0.25, 0.3) is 0 Å². The van der Waals surface area contributed by atoms with E-state index in [0.29, 0.717) is 0 Å². The molecule has 0 aliphatic rings. The minimum atomic E-state index is -1.00. The number of aliphatic hydroxyl groups is 1. The number of hydrogen-bond donors (Lipinski definition) is 2. The molecule has 0 spiro atoms. The maximum Gasteiger partial charge on any atom is 2.00 e. The van der Waals surface area contributed by atoms with Crippen LogP contribution in [0.5, 0.6) is 0 Å². The molecular weight excluding hydrogens is 571 g/mol. The molecule has 11 nitrogen and oxygen atoms in total. The van der Waals surface area contributed by atoms with Crippen molar-refractivity contribution < 1.29 is 45.4 Å². The number of hydrogen-bond acceptors (Lipinski definition) is 5. The van der Waals surface area contributed by atoms with Crippen molar-refractivity contribution in [3.8, 4) is 0 Å². The van der Waals surface area contributed by atoms with E-state index in [0.717, 1.165) is 11.5 Å². The number of benzene rings is 1. The first-order valence-corrected chi connectivity index (χ1v) is 10.8. The fraction of sp³-hybridized carbons (Fsp3) is 0.160. The van der Waals surface area contributed by atoms with Gasteiger partial charge in [-0.15, -0.1) is 0 Å². The van der Waals surface area contributed by atoms with Crippen molar-refractivity contribution in [2.75, 3.05) is 6.61 Å². The van der Waals surface area contributed by atoms with Gasteiger partial charge in [0.1, 0.15) is 0 Å². The summed E-state index contributed by atoms with van der Waals surface area (Å²) in [5, 5.41) is 31.0. The molecule has 4 radical (unpaired) electrons. The SMILES string of the molecule is [C-]#[O+].[C-]#[O+].[CH2][C](C)[CH]C(c1ccccc1)C(CO)C(=O)O.[Mo+2].c1cnn([B-](n2cccn2)n2cccn2)c1. The first-order valence-electron chi connectivity index (χ1n) is 10.8. The molecule has 194 valence electrons. The zero-order valence-corrected chi connectivity index (χ0v) is 22.5. The molecule has 1 aromatic carbocycles. The zero-order chi connectivity index (χ0) is 27.6. The maximum atomic E-state index is 11.1. The van der Waals surface area contributed by atoms with Crippen molar-refractivity contribution in [3.63, 3.8) is 0 Å². The molecule has 4 aromatic rings. The molecule has 0 aliphatic heterocycles. The molecule has 38 heavy (non-hydrogen) atoms. The third kappa shape index (κ3) is 10.5. The number of rotatable bonds is 9. The molecule has 2 unspecified atom stereocenters. The monoisotopic (exact) mass is 599 g/mol. The minimum Gasteiger partial charge on any atom is -0.481 e. The molecule has 2 atom stereocenters. The van der Waals surface area contributed by atoms with Crippen LogP contribution < -0.4 is 0 Å². The van der Waals surface area contributed by atoms with E-state index in [1.165, 1.54) is 0 Å². The Morgan fingerprint density at radius 2 is 1.37 bits per heavy atom. The van der Waals surface area contributed by atoms with E-state index in [-0.39, 0.29) is 34.1 Å². The Bertz CT molecular complexity index is 1070. The first-order chi connectivity index (χ1) is 18.0. The average Bonchev–Trinajstić information content (AvgIpc) is 3.72. The van der Waals surface area contributed by atoms with E-state index >= 15 is 0 Å². The van der Waals surface area contributed by atoms with Crippen molar-refractivity contribution in [2.45, 2.75) is 12.8 Å². The average molecular weight is 597 g/mol. The van der Waals surface area contributed by atoms with Crippen molar-refractivity contribution in [2.24, 2.45) is 5.92 Å². The molecule has 4 rings (SSSR count). The molecule has 13 heteroatoms. The van der Waals surface area contributed by atoms with Gasteiger partial charge in [-0.1, -0.05) is 37.3 Å². The molecule has 0 bridgehead atoms. The number of nitrogens with zero attached hydrogens (tertiary/aromatic N) is 6. The van der Waals surface area contributed by atoms with E-state index in [1.54, 1.807) is 38.8 Å². The van der Waals surface area contributed by atoms with Crippen LogP contribution in [-0.2, 0) is 35.2 Å². The molecule has 0 aliphatic carbocycles. The second kappa shape index (κ2) is 19.6. The third-order valence-corrected chi connectivity index (χ3v) is 4.88. The quantitative estimate of drug-likeness (QED) is 0.172. The van der Waals surface area contributed by atoms with Gasteiger partial charge in [0.25, 0.3) is 7.12 Å². The summed E-state index contributed by atoms with van der Waals surface area (Å²) in [6, 6.07) is 14.9. The number of aliphatic carboxylic acids is 1. The molecular formula is C25H26BMoN6O5+. The second-order valence-electron chi connectivity index (χ2n) is 7.38. The standard InChI is InChI=1S/C14H17O3.C9H9BN6.2CO.Mo/c1-10(2)8-12(13(9-15)14(16)17)11-6-4-3-5-7-11;1-4-11-14(7-1)10(15-8-2-5-12-15)16-9-3-6-13-16;2*1-2;/h3-8,12-13,15H,1,9H2,2H3,(H,16,17);1-9H;;;/q;-1;;;+2. The van der Waals surface area contributed by atoms with Gasteiger partial charge in [0.15, 0.2) is 0 Å². The number of aromatic nitrogens is 6. The Hall–Kier alpha value is -3.49. The minimum absolute atomic E-state index is 0. The summed E-state index contributed by atoms with van der Waals surface area (Å²) in [4.78, 5) is 11.1. The topological polar surface area (TPSA) is 151 Å². The zero-order valence-electron chi connectivity index (χ0n) is 20.5. The van der Waals surface area contributed by atoms with Gasteiger partial charge in [-0.3, -0.25) is 4.79 Å². The van der Waals surface area contributed by atoms with E-state index in [2.05, 4.69) is 35.5 Å². The fourth-order valence-electron chi connectivity index (χ4n) is 3.39. The predicted molar refractivity (Wildman–Crippen MR) is 132 cm³/mol. The molecule has 3 aromatic heterocycles. The maximum absolute atomic E-state index is 11.1. The Labute approximate surface area is 236 Å². The van der Waals surface area contributed by atoms with Crippen molar-refractivity contribution in [3.05, 3.63) is 124 Å². The van der Waals surface area contributed by atoms with Gasteiger partial charge in [-0.05, 0) is 61.6 Å². The van der Waals surface area contributed by atoms with Crippen molar-refractivity contribution >= 4 is 13.1 Å². The summed E-state index contributed by atoms with van der Waals surface area (Å²) < 4.78 is 20.4. The summed E-state index contributed by atoms with van der Waals surface area (Å²) in [7, 11) is -0.194. The molecule has 2 N–H and O–H groups in total. The van der Waals surface area contributed by atoms with E-state index in [9.17, 15) is 9.90 Å². The van der Waals surface area contributed by atoms with Crippen LogP contribution in [-0.4, -0.2) is 59.0 Å². The fourth-order valence-corrected chi connectivity index (χ4v) is 3.39. The van der Waals surface area contributed by atoms with Crippen LogP contribution in [0.3, 0.4) is 0 Å². The molecule has 0 amide bonds. The number of carboxylic acids is 1. The van der Waals surface area contributed by atoms with Gasteiger partial charge < -0.3 is 24.0 Å². The smallest absolute Gasteiger partial charge is 0.481 e. The number of carbonyl (C=O) groups is 1. The van der Waals surface area contributed by atoms with Crippen LogP contribution in [0.1, 0.15) is 18.4 Å². The Balaban J connectivity index is 0.000000623. The number of carboxylic acid groups (broad SMARTS) is 1. The predicted octanol–water partition coefficient (Wildman–Crippen LogP) is 2.22. The van der Waals surface area contributed by atoms with Gasteiger partial charge in [0.05, 0.1) is 12.5 Å². The summed E-state index contributed by atoms with van der Waals surface area (Å²) >= 11 is 0. The van der Waals surface area contributed by atoms with Crippen molar-refractivity contribution in [1.29, 1.82) is 0 Å². The van der Waals surface area contributed by atoms with Crippen LogP contribution in [0, 0.1) is 38.5 Å². The van der Waals surface area contributed by atoms with Crippen LogP contribution in [0.4, 0.5) is 0 Å². The van der Waals surface area contributed by atoms with Gasteiger partial charge in [0, 0.05) is 24.5 Å². The Morgan fingerprint density at radius 3 is 1.66 bits per heavy atom. The van der Waals surface area contributed by atoms with Crippen LogP contribution in [0.15, 0.2) is 85.7 Å². The Morgan fingerprint density at radius 1 is 0.947 bits per heavy atom. The van der Waals surface area contributed by atoms with E-state index in [4.69, 9.17) is 14.4 Å². The van der Waals surface area contributed by atoms with Crippen LogP contribution >= 0.6 is 0 Å².